The molecule has 5 aliphatic rings. The SMILES string of the molecule is CC(=O)OC1CC(C)C(O)(CCC2=CC(=O)OC2)C2(C)CCCC(C)(C3CCC4(CCCC4)C3)C12. The van der Waals surface area contributed by atoms with E-state index in [1.165, 1.54) is 51.9 Å². The molecule has 0 radical (unpaired) electrons. The molecular weight excluding hydrogens is 440 g/mol. The van der Waals surface area contributed by atoms with Gasteiger partial charge in [-0.1, -0.05) is 40.0 Å². The summed E-state index contributed by atoms with van der Waals surface area (Å²) in [7, 11) is 0. The van der Waals surface area contributed by atoms with E-state index in [0.717, 1.165) is 24.8 Å². The maximum atomic E-state index is 12.6. The van der Waals surface area contributed by atoms with Gasteiger partial charge in [-0.2, -0.15) is 0 Å². The highest BCUT2D eigenvalue weighted by atomic mass is 16.5. The van der Waals surface area contributed by atoms with Crippen molar-refractivity contribution in [3.63, 3.8) is 0 Å². The van der Waals surface area contributed by atoms with Gasteiger partial charge in [0.25, 0.3) is 0 Å². The van der Waals surface area contributed by atoms with Gasteiger partial charge >= 0.3 is 11.9 Å². The van der Waals surface area contributed by atoms with Crippen LogP contribution < -0.4 is 0 Å². The van der Waals surface area contributed by atoms with Crippen LogP contribution >= 0.6 is 0 Å². The molecule has 0 aromatic heterocycles. The van der Waals surface area contributed by atoms with Crippen LogP contribution in [-0.2, 0) is 19.1 Å². The maximum Gasteiger partial charge on any atom is 0.331 e. The summed E-state index contributed by atoms with van der Waals surface area (Å²) in [5.74, 6) is 0.317. The van der Waals surface area contributed by atoms with Gasteiger partial charge in [-0.25, -0.2) is 4.79 Å². The van der Waals surface area contributed by atoms with Crippen LogP contribution in [0.4, 0.5) is 0 Å². The molecule has 4 fully saturated rings. The number of cyclic esters (lactones) is 1. The summed E-state index contributed by atoms with van der Waals surface area (Å²) in [4.78, 5) is 23.9. The Morgan fingerprint density at radius 1 is 1.14 bits per heavy atom. The van der Waals surface area contributed by atoms with Crippen molar-refractivity contribution in [2.75, 3.05) is 6.61 Å². The van der Waals surface area contributed by atoms with Gasteiger partial charge in [0.05, 0.1) is 5.60 Å². The number of esters is 2. The Bertz CT molecular complexity index is 887. The predicted molar refractivity (Wildman–Crippen MR) is 134 cm³/mol. The first-order valence-corrected chi connectivity index (χ1v) is 14.3. The van der Waals surface area contributed by atoms with Crippen LogP contribution in [0.25, 0.3) is 0 Å². The normalized spacial score (nSPS) is 44.7. The van der Waals surface area contributed by atoms with Gasteiger partial charge in [0.1, 0.15) is 12.7 Å². The largest absolute Gasteiger partial charge is 0.462 e. The lowest BCUT2D eigenvalue weighted by Crippen LogP contribution is -2.68. The van der Waals surface area contributed by atoms with Crippen LogP contribution in [0.5, 0.6) is 0 Å². The first-order chi connectivity index (χ1) is 16.5. The average Bonchev–Trinajstić information content (AvgIpc) is 3.53. The lowest BCUT2D eigenvalue weighted by molar-refractivity contribution is -0.259. The molecule has 35 heavy (non-hydrogen) atoms. The molecular formula is C30H46O5. The van der Waals surface area contributed by atoms with Crippen LogP contribution in [0.1, 0.15) is 111 Å². The summed E-state index contributed by atoms with van der Waals surface area (Å²) in [5, 5.41) is 12.6. The lowest BCUT2D eigenvalue weighted by Gasteiger charge is -2.66. The molecule has 1 heterocycles. The molecule has 7 atom stereocenters. The number of hydrogen-bond donors (Lipinski definition) is 1. The molecule has 4 aliphatic carbocycles. The van der Waals surface area contributed by atoms with Crippen LogP contribution in [0.15, 0.2) is 11.6 Å². The molecule has 0 saturated heterocycles. The van der Waals surface area contributed by atoms with E-state index in [1.807, 2.05) is 0 Å². The Morgan fingerprint density at radius 2 is 1.89 bits per heavy atom. The van der Waals surface area contributed by atoms with Gasteiger partial charge in [0.2, 0.25) is 0 Å². The van der Waals surface area contributed by atoms with Crippen LogP contribution in [0, 0.1) is 34.0 Å². The van der Waals surface area contributed by atoms with E-state index in [9.17, 15) is 14.7 Å². The molecule has 1 N–H and O–H groups in total. The first kappa shape index (κ1) is 25.3. The topological polar surface area (TPSA) is 72.8 Å². The van der Waals surface area contributed by atoms with Gasteiger partial charge in [0.15, 0.2) is 0 Å². The quantitative estimate of drug-likeness (QED) is 0.474. The average molecular weight is 487 g/mol. The van der Waals surface area contributed by atoms with Gasteiger partial charge < -0.3 is 14.6 Å². The molecule has 7 unspecified atom stereocenters. The number of ether oxygens (including phenoxy) is 2. The van der Waals surface area contributed by atoms with Crippen molar-refractivity contribution in [1.29, 1.82) is 0 Å². The monoisotopic (exact) mass is 486 g/mol. The van der Waals surface area contributed by atoms with E-state index in [1.54, 1.807) is 6.08 Å². The van der Waals surface area contributed by atoms with E-state index in [-0.39, 0.29) is 40.7 Å². The van der Waals surface area contributed by atoms with Crippen LogP contribution in [0.2, 0.25) is 0 Å². The fourth-order valence-electron chi connectivity index (χ4n) is 10.0. The summed E-state index contributed by atoms with van der Waals surface area (Å²) in [6.45, 7) is 8.80. The van der Waals surface area contributed by atoms with Crippen molar-refractivity contribution in [3.05, 3.63) is 11.6 Å². The zero-order chi connectivity index (χ0) is 25.1. The van der Waals surface area contributed by atoms with Gasteiger partial charge in [-0.3, -0.25) is 4.79 Å². The fraction of sp³-hybridized carbons (Fsp3) is 0.867. The van der Waals surface area contributed by atoms with Crippen molar-refractivity contribution in [2.45, 2.75) is 123 Å². The Balaban J connectivity index is 1.49. The molecule has 0 amide bonds. The van der Waals surface area contributed by atoms with Crippen molar-refractivity contribution in [3.8, 4) is 0 Å². The van der Waals surface area contributed by atoms with Crippen LogP contribution in [0.3, 0.4) is 0 Å². The van der Waals surface area contributed by atoms with Crippen molar-refractivity contribution in [2.24, 2.45) is 34.0 Å². The van der Waals surface area contributed by atoms with E-state index in [2.05, 4.69) is 20.8 Å². The maximum absolute atomic E-state index is 12.6. The minimum atomic E-state index is -0.869. The molecule has 0 aromatic carbocycles. The van der Waals surface area contributed by atoms with E-state index < -0.39 is 5.60 Å². The van der Waals surface area contributed by atoms with Crippen molar-refractivity contribution < 1.29 is 24.2 Å². The molecule has 0 aromatic rings. The smallest absolute Gasteiger partial charge is 0.331 e. The second-order valence-corrected chi connectivity index (χ2v) is 13.5. The van der Waals surface area contributed by atoms with Crippen molar-refractivity contribution in [1.82, 2.24) is 0 Å². The molecule has 1 spiro atoms. The number of aliphatic hydroxyl groups is 1. The molecule has 1 aliphatic heterocycles. The summed E-state index contributed by atoms with van der Waals surface area (Å²) in [6.07, 6.45) is 16.1. The van der Waals surface area contributed by atoms with Crippen LogP contribution in [-0.4, -0.2) is 35.4 Å². The number of rotatable bonds is 5. The second-order valence-electron chi connectivity index (χ2n) is 13.5. The standard InChI is InChI=1S/C30H46O5/c1-20-16-24(35-21(2)31)26-27(3,23-9-14-29(18-23)12-5-6-13-29)10-7-11-28(26,4)30(20,33)15-8-22-17-25(32)34-19-22/h17,20,23-24,26,33H,5-16,18-19H2,1-4H3. The van der Waals surface area contributed by atoms with Gasteiger partial charge in [-0.05, 0) is 92.4 Å². The summed E-state index contributed by atoms with van der Waals surface area (Å²) in [6, 6.07) is 0. The summed E-state index contributed by atoms with van der Waals surface area (Å²) < 4.78 is 11.3. The lowest BCUT2D eigenvalue weighted by atomic mass is 9.41. The van der Waals surface area contributed by atoms with E-state index >= 15 is 0 Å². The van der Waals surface area contributed by atoms with Crippen molar-refractivity contribution >= 4 is 11.9 Å². The molecule has 196 valence electrons. The third-order valence-electron chi connectivity index (χ3n) is 11.7. The van der Waals surface area contributed by atoms with Gasteiger partial charge in [0, 0.05) is 24.3 Å². The molecule has 5 nitrogen and oxygen atoms in total. The molecule has 4 saturated carbocycles. The predicted octanol–water partition coefficient (Wildman–Crippen LogP) is 6.13. The number of carbonyl (C=O) groups is 2. The van der Waals surface area contributed by atoms with E-state index in [4.69, 9.17) is 9.47 Å². The highest BCUT2D eigenvalue weighted by Gasteiger charge is 2.67. The zero-order valence-electron chi connectivity index (χ0n) is 22.4. The number of carbonyl (C=O) groups excluding carboxylic acids is 2. The zero-order valence-corrected chi connectivity index (χ0v) is 22.4. The fourth-order valence-corrected chi connectivity index (χ4v) is 10.0. The summed E-state index contributed by atoms with van der Waals surface area (Å²) >= 11 is 0. The second kappa shape index (κ2) is 8.89. The third kappa shape index (κ3) is 4.08. The highest BCUT2D eigenvalue weighted by molar-refractivity contribution is 5.85. The minimum Gasteiger partial charge on any atom is -0.462 e. The molecule has 5 rings (SSSR count). The van der Waals surface area contributed by atoms with Gasteiger partial charge in [-0.15, -0.1) is 0 Å². The first-order valence-electron chi connectivity index (χ1n) is 14.3. The Morgan fingerprint density at radius 3 is 2.54 bits per heavy atom. The Labute approximate surface area is 211 Å². The Hall–Kier alpha value is -1.36. The summed E-state index contributed by atoms with van der Waals surface area (Å²) in [5.41, 5.74) is 0.367. The number of fused-ring (bicyclic) bond motifs is 1. The molecule has 0 bridgehead atoms. The third-order valence-corrected chi connectivity index (χ3v) is 11.7. The minimum absolute atomic E-state index is 0.0128. The number of hydrogen-bond acceptors (Lipinski definition) is 5. The molecule has 5 heteroatoms. The Kier molecular flexibility index (Phi) is 6.42. The van der Waals surface area contributed by atoms with E-state index in [0.29, 0.717) is 37.2 Å². The highest BCUT2D eigenvalue weighted by Crippen LogP contribution is 2.69.